The first-order valence-electron chi connectivity index (χ1n) is 5.04. The molecular weight excluding hydrogens is 164 g/mol. The summed E-state index contributed by atoms with van der Waals surface area (Å²) < 4.78 is 0. The minimum absolute atomic E-state index is 0.117. The van der Waals surface area contributed by atoms with Crippen LogP contribution in [-0.4, -0.2) is 25.5 Å². The SMILES string of the molecule is CCN[C@H](CC(=O)NC)CC(C)C. The van der Waals surface area contributed by atoms with Gasteiger partial charge in [0, 0.05) is 19.5 Å². The predicted molar refractivity (Wildman–Crippen MR) is 55.6 cm³/mol. The van der Waals surface area contributed by atoms with Crippen molar-refractivity contribution in [3.63, 3.8) is 0 Å². The lowest BCUT2D eigenvalue weighted by molar-refractivity contribution is -0.121. The van der Waals surface area contributed by atoms with Crippen LogP contribution < -0.4 is 10.6 Å². The zero-order valence-corrected chi connectivity index (χ0v) is 9.18. The molecule has 78 valence electrons. The van der Waals surface area contributed by atoms with Crippen LogP contribution >= 0.6 is 0 Å². The Labute approximate surface area is 81.3 Å². The maximum atomic E-state index is 11.1. The Morgan fingerprint density at radius 2 is 2.00 bits per heavy atom. The molecule has 0 radical (unpaired) electrons. The average Bonchev–Trinajstić information content (AvgIpc) is 2.03. The highest BCUT2D eigenvalue weighted by Crippen LogP contribution is 2.07. The fourth-order valence-corrected chi connectivity index (χ4v) is 1.42. The van der Waals surface area contributed by atoms with Crippen LogP contribution in [0.1, 0.15) is 33.6 Å². The van der Waals surface area contributed by atoms with E-state index in [-0.39, 0.29) is 5.91 Å². The highest BCUT2D eigenvalue weighted by atomic mass is 16.1. The molecule has 0 bridgehead atoms. The van der Waals surface area contributed by atoms with Gasteiger partial charge in [0.05, 0.1) is 0 Å². The summed E-state index contributed by atoms with van der Waals surface area (Å²) in [5.41, 5.74) is 0. The highest BCUT2D eigenvalue weighted by molar-refractivity contribution is 5.76. The Hall–Kier alpha value is -0.570. The molecule has 1 amide bonds. The monoisotopic (exact) mass is 186 g/mol. The molecule has 13 heavy (non-hydrogen) atoms. The summed E-state index contributed by atoms with van der Waals surface area (Å²) in [6.45, 7) is 7.34. The van der Waals surface area contributed by atoms with E-state index in [0.29, 0.717) is 18.4 Å². The summed E-state index contributed by atoms with van der Waals surface area (Å²) in [7, 11) is 1.68. The van der Waals surface area contributed by atoms with Gasteiger partial charge in [-0.15, -0.1) is 0 Å². The summed E-state index contributed by atoms with van der Waals surface area (Å²) in [5, 5.41) is 5.97. The molecule has 0 saturated carbocycles. The molecule has 0 aliphatic rings. The molecule has 1 atom stereocenters. The Balaban J connectivity index is 3.86. The van der Waals surface area contributed by atoms with Gasteiger partial charge in [-0.1, -0.05) is 20.8 Å². The molecule has 0 saturated heterocycles. The van der Waals surface area contributed by atoms with Crippen LogP contribution in [0.25, 0.3) is 0 Å². The van der Waals surface area contributed by atoms with E-state index in [1.165, 1.54) is 0 Å². The summed E-state index contributed by atoms with van der Waals surface area (Å²) >= 11 is 0. The van der Waals surface area contributed by atoms with Crippen LogP contribution in [0.4, 0.5) is 0 Å². The Bertz CT molecular complexity index is 146. The van der Waals surface area contributed by atoms with Gasteiger partial charge in [0.25, 0.3) is 0 Å². The fraction of sp³-hybridized carbons (Fsp3) is 0.900. The summed E-state index contributed by atoms with van der Waals surface area (Å²) in [5.74, 6) is 0.750. The van der Waals surface area contributed by atoms with E-state index in [4.69, 9.17) is 0 Å². The molecule has 0 aromatic carbocycles. The number of hydrogen-bond donors (Lipinski definition) is 2. The van der Waals surface area contributed by atoms with Crippen molar-refractivity contribution in [2.75, 3.05) is 13.6 Å². The number of hydrogen-bond acceptors (Lipinski definition) is 2. The molecule has 0 aliphatic carbocycles. The molecule has 2 N–H and O–H groups in total. The molecular formula is C10H22N2O. The quantitative estimate of drug-likeness (QED) is 0.653. The van der Waals surface area contributed by atoms with Crippen molar-refractivity contribution in [3.8, 4) is 0 Å². The van der Waals surface area contributed by atoms with Crippen molar-refractivity contribution >= 4 is 5.91 Å². The number of carbonyl (C=O) groups is 1. The predicted octanol–water partition coefficient (Wildman–Crippen LogP) is 1.15. The Morgan fingerprint density at radius 1 is 1.38 bits per heavy atom. The van der Waals surface area contributed by atoms with Gasteiger partial charge in [0.15, 0.2) is 0 Å². The Kier molecular flexibility index (Phi) is 6.59. The van der Waals surface area contributed by atoms with E-state index < -0.39 is 0 Å². The minimum Gasteiger partial charge on any atom is -0.359 e. The van der Waals surface area contributed by atoms with Crippen molar-refractivity contribution < 1.29 is 4.79 Å². The lowest BCUT2D eigenvalue weighted by Gasteiger charge is -2.18. The molecule has 0 fully saturated rings. The highest BCUT2D eigenvalue weighted by Gasteiger charge is 2.12. The summed E-state index contributed by atoms with van der Waals surface area (Å²) in [6.07, 6.45) is 1.64. The lowest BCUT2D eigenvalue weighted by Crippen LogP contribution is -2.35. The van der Waals surface area contributed by atoms with Crippen LogP contribution in [0.2, 0.25) is 0 Å². The zero-order valence-electron chi connectivity index (χ0n) is 9.18. The molecule has 0 aromatic heterocycles. The number of nitrogens with one attached hydrogen (secondary N) is 2. The van der Waals surface area contributed by atoms with Crippen LogP contribution in [0.3, 0.4) is 0 Å². The van der Waals surface area contributed by atoms with Crippen molar-refractivity contribution in [2.24, 2.45) is 5.92 Å². The zero-order chi connectivity index (χ0) is 10.3. The van der Waals surface area contributed by atoms with E-state index in [1.54, 1.807) is 7.05 Å². The standard InChI is InChI=1S/C10H22N2O/c1-5-12-9(6-8(2)3)7-10(13)11-4/h8-9,12H,5-7H2,1-4H3,(H,11,13)/t9-/m0/s1. The molecule has 0 aromatic rings. The van der Waals surface area contributed by atoms with Crippen molar-refractivity contribution in [1.29, 1.82) is 0 Å². The second-order valence-electron chi connectivity index (χ2n) is 3.76. The van der Waals surface area contributed by atoms with E-state index >= 15 is 0 Å². The van der Waals surface area contributed by atoms with Crippen LogP contribution in [0, 0.1) is 5.92 Å². The van der Waals surface area contributed by atoms with Crippen molar-refractivity contribution in [1.82, 2.24) is 10.6 Å². The molecule has 0 aliphatic heterocycles. The van der Waals surface area contributed by atoms with Gasteiger partial charge in [-0.3, -0.25) is 4.79 Å². The third-order valence-corrected chi connectivity index (χ3v) is 1.96. The number of carbonyl (C=O) groups excluding carboxylic acids is 1. The number of rotatable bonds is 6. The first kappa shape index (κ1) is 12.4. The van der Waals surface area contributed by atoms with Gasteiger partial charge in [-0.25, -0.2) is 0 Å². The van der Waals surface area contributed by atoms with E-state index in [1.807, 2.05) is 0 Å². The molecule has 0 unspecified atom stereocenters. The van der Waals surface area contributed by atoms with Crippen molar-refractivity contribution in [3.05, 3.63) is 0 Å². The van der Waals surface area contributed by atoms with E-state index in [2.05, 4.69) is 31.4 Å². The molecule has 3 heteroatoms. The smallest absolute Gasteiger partial charge is 0.221 e. The third-order valence-electron chi connectivity index (χ3n) is 1.96. The van der Waals surface area contributed by atoms with Crippen LogP contribution in [0.5, 0.6) is 0 Å². The first-order valence-corrected chi connectivity index (χ1v) is 5.04. The molecule has 0 heterocycles. The van der Waals surface area contributed by atoms with Gasteiger partial charge in [-0.2, -0.15) is 0 Å². The molecule has 0 spiro atoms. The maximum absolute atomic E-state index is 11.1. The van der Waals surface area contributed by atoms with Gasteiger partial charge in [0.1, 0.15) is 0 Å². The van der Waals surface area contributed by atoms with Gasteiger partial charge < -0.3 is 10.6 Å². The summed E-state index contributed by atoms with van der Waals surface area (Å²) in [4.78, 5) is 11.1. The molecule has 0 rings (SSSR count). The molecule has 3 nitrogen and oxygen atoms in total. The second-order valence-corrected chi connectivity index (χ2v) is 3.76. The first-order chi connectivity index (χ1) is 6.10. The lowest BCUT2D eigenvalue weighted by atomic mass is 10.0. The van der Waals surface area contributed by atoms with Gasteiger partial charge in [-0.05, 0) is 18.9 Å². The largest absolute Gasteiger partial charge is 0.359 e. The third kappa shape index (κ3) is 6.58. The Morgan fingerprint density at radius 3 is 2.38 bits per heavy atom. The van der Waals surface area contributed by atoms with E-state index in [0.717, 1.165) is 13.0 Å². The van der Waals surface area contributed by atoms with Crippen molar-refractivity contribution in [2.45, 2.75) is 39.7 Å². The van der Waals surface area contributed by atoms with E-state index in [9.17, 15) is 4.79 Å². The average molecular weight is 186 g/mol. The fourth-order valence-electron chi connectivity index (χ4n) is 1.42. The normalized spacial score (nSPS) is 13.0. The second kappa shape index (κ2) is 6.89. The van der Waals surface area contributed by atoms with Gasteiger partial charge >= 0.3 is 0 Å². The summed E-state index contributed by atoms with van der Waals surface area (Å²) in [6, 6.07) is 0.324. The van der Waals surface area contributed by atoms with Crippen LogP contribution in [-0.2, 0) is 4.79 Å². The topological polar surface area (TPSA) is 41.1 Å². The minimum atomic E-state index is 0.117. The maximum Gasteiger partial charge on any atom is 0.221 e. The van der Waals surface area contributed by atoms with Gasteiger partial charge in [0.2, 0.25) is 5.91 Å². The number of amides is 1. The van der Waals surface area contributed by atoms with Crippen LogP contribution in [0.15, 0.2) is 0 Å².